The van der Waals surface area contributed by atoms with Crippen molar-refractivity contribution in [2.75, 3.05) is 20.3 Å². The third-order valence-electron chi connectivity index (χ3n) is 2.70. The molecular weight excluding hydrogens is 271 g/mol. The topological polar surface area (TPSA) is 30.5 Å². The Kier molecular flexibility index (Phi) is 6.64. The smallest absolute Gasteiger partial charge is 0.389 e. The summed E-state index contributed by atoms with van der Waals surface area (Å²) in [7, 11) is 1.51. The summed E-state index contributed by atoms with van der Waals surface area (Å²) in [6, 6.07) is 5.42. The minimum atomic E-state index is -4.14. The number of methoxy groups -OCH3 is 1. The highest BCUT2D eigenvalue weighted by Crippen LogP contribution is 2.31. The number of rotatable bonds is 8. The molecule has 1 aromatic carbocycles. The van der Waals surface area contributed by atoms with Gasteiger partial charge in [0, 0.05) is 18.5 Å². The van der Waals surface area contributed by atoms with Crippen molar-refractivity contribution in [1.82, 2.24) is 5.32 Å². The van der Waals surface area contributed by atoms with Gasteiger partial charge in [-0.3, -0.25) is 0 Å². The number of halogens is 3. The summed E-state index contributed by atoms with van der Waals surface area (Å²) in [6.45, 7) is 3.37. The molecule has 6 heteroatoms. The highest BCUT2D eigenvalue weighted by Gasteiger charge is 2.26. The van der Waals surface area contributed by atoms with Crippen molar-refractivity contribution in [2.45, 2.75) is 32.5 Å². The van der Waals surface area contributed by atoms with E-state index in [1.807, 2.05) is 19.1 Å². The van der Waals surface area contributed by atoms with E-state index < -0.39 is 12.6 Å². The summed E-state index contributed by atoms with van der Waals surface area (Å²) in [5.41, 5.74) is 0.873. The number of benzene rings is 1. The summed E-state index contributed by atoms with van der Waals surface area (Å²) in [4.78, 5) is 0. The van der Waals surface area contributed by atoms with E-state index in [9.17, 15) is 13.2 Å². The lowest BCUT2D eigenvalue weighted by Crippen LogP contribution is -2.14. The summed E-state index contributed by atoms with van der Waals surface area (Å²) in [5.74, 6) is 1.05. The Hall–Kier alpha value is -1.43. The molecule has 0 spiro atoms. The summed E-state index contributed by atoms with van der Waals surface area (Å²) in [5, 5.41) is 3.16. The van der Waals surface area contributed by atoms with E-state index in [4.69, 9.17) is 9.47 Å². The zero-order valence-corrected chi connectivity index (χ0v) is 11.7. The van der Waals surface area contributed by atoms with Gasteiger partial charge in [-0.25, -0.2) is 0 Å². The monoisotopic (exact) mass is 291 g/mol. The molecule has 0 radical (unpaired) electrons. The Morgan fingerprint density at radius 3 is 2.60 bits per heavy atom. The largest absolute Gasteiger partial charge is 0.493 e. The van der Waals surface area contributed by atoms with Gasteiger partial charge in [0.15, 0.2) is 11.5 Å². The maximum atomic E-state index is 12.1. The van der Waals surface area contributed by atoms with E-state index in [0.29, 0.717) is 18.0 Å². The first-order valence-corrected chi connectivity index (χ1v) is 6.54. The van der Waals surface area contributed by atoms with E-state index in [0.717, 1.165) is 12.1 Å². The first kappa shape index (κ1) is 16.6. The van der Waals surface area contributed by atoms with Crippen molar-refractivity contribution >= 4 is 0 Å². The van der Waals surface area contributed by atoms with Gasteiger partial charge in [-0.05, 0) is 19.0 Å². The molecule has 0 aliphatic heterocycles. The van der Waals surface area contributed by atoms with E-state index >= 15 is 0 Å². The second kappa shape index (κ2) is 7.99. The fourth-order valence-electron chi connectivity index (χ4n) is 1.73. The van der Waals surface area contributed by atoms with Crippen molar-refractivity contribution in [3.05, 3.63) is 23.8 Å². The molecule has 1 aromatic rings. The van der Waals surface area contributed by atoms with Crippen molar-refractivity contribution in [3.8, 4) is 11.5 Å². The lowest BCUT2D eigenvalue weighted by Gasteiger charge is -2.15. The van der Waals surface area contributed by atoms with Gasteiger partial charge >= 0.3 is 6.18 Å². The van der Waals surface area contributed by atoms with Gasteiger partial charge in [0.2, 0.25) is 0 Å². The van der Waals surface area contributed by atoms with Crippen molar-refractivity contribution < 1.29 is 22.6 Å². The number of nitrogens with one attached hydrogen (secondary N) is 1. The maximum absolute atomic E-state index is 12.1. The molecule has 20 heavy (non-hydrogen) atoms. The molecule has 0 aliphatic rings. The minimum Gasteiger partial charge on any atom is -0.493 e. The Morgan fingerprint density at radius 2 is 2.00 bits per heavy atom. The van der Waals surface area contributed by atoms with Crippen LogP contribution >= 0.6 is 0 Å². The summed E-state index contributed by atoms with van der Waals surface area (Å²) in [6.07, 6.45) is -5.05. The van der Waals surface area contributed by atoms with Crippen LogP contribution in [0.2, 0.25) is 0 Å². The molecular formula is C14H20F3NO2. The van der Waals surface area contributed by atoms with Crippen LogP contribution in [0.1, 0.15) is 25.3 Å². The van der Waals surface area contributed by atoms with Gasteiger partial charge in [-0.15, -0.1) is 0 Å². The lowest BCUT2D eigenvalue weighted by atomic mass is 10.2. The van der Waals surface area contributed by atoms with E-state index in [2.05, 4.69) is 5.32 Å². The third kappa shape index (κ3) is 5.69. The molecule has 3 nitrogen and oxygen atoms in total. The Morgan fingerprint density at radius 1 is 1.25 bits per heavy atom. The van der Waals surface area contributed by atoms with Gasteiger partial charge in [-0.2, -0.15) is 13.2 Å². The van der Waals surface area contributed by atoms with Crippen LogP contribution in [-0.2, 0) is 6.54 Å². The average molecular weight is 291 g/mol. The molecule has 0 saturated heterocycles. The average Bonchev–Trinajstić information content (AvgIpc) is 2.40. The van der Waals surface area contributed by atoms with Crippen molar-refractivity contribution in [1.29, 1.82) is 0 Å². The Bertz CT molecular complexity index is 408. The minimum absolute atomic E-state index is 0.0129. The first-order valence-electron chi connectivity index (χ1n) is 6.54. The van der Waals surface area contributed by atoms with E-state index in [1.54, 1.807) is 6.07 Å². The molecule has 0 amide bonds. The maximum Gasteiger partial charge on any atom is 0.389 e. The Balaban J connectivity index is 2.65. The van der Waals surface area contributed by atoms with E-state index in [1.165, 1.54) is 7.11 Å². The van der Waals surface area contributed by atoms with E-state index in [-0.39, 0.29) is 13.0 Å². The zero-order chi connectivity index (χ0) is 15.0. The van der Waals surface area contributed by atoms with Gasteiger partial charge in [-0.1, -0.05) is 19.1 Å². The number of hydrogen-bond donors (Lipinski definition) is 1. The molecule has 0 atom stereocenters. The van der Waals surface area contributed by atoms with Gasteiger partial charge < -0.3 is 14.8 Å². The number of alkyl halides is 3. The van der Waals surface area contributed by atoms with Gasteiger partial charge in [0.05, 0.1) is 13.7 Å². The molecule has 114 valence electrons. The number of ether oxygens (including phenoxy) is 2. The molecule has 0 aromatic heterocycles. The fraction of sp³-hybridized carbons (Fsp3) is 0.571. The van der Waals surface area contributed by atoms with Crippen LogP contribution in [0.4, 0.5) is 13.2 Å². The van der Waals surface area contributed by atoms with Crippen molar-refractivity contribution in [3.63, 3.8) is 0 Å². The summed E-state index contributed by atoms with van der Waals surface area (Å²) >= 11 is 0. The van der Waals surface area contributed by atoms with Gasteiger partial charge in [0.1, 0.15) is 0 Å². The van der Waals surface area contributed by atoms with Crippen LogP contribution < -0.4 is 14.8 Å². The summed E-state index contributed by atoms with van der Waals surface area (Å²) < 4.78 is 46.9. The van der Waals surface area contributed by atoms with Crippen LogP contribution in [0.15, 0.2) is 18.2 Å². The molecule has 0 bridgehead atoms. The molecule has 1 rings (SSSR count). The normalized spacial score (nSPS) is 11.4. The van der Waals surface area contributed by atoms with Crippen LogP contribution in [0.5, 0.6) is 11.5 Å². The van der Waals surface area contributed by atoms with Crippen LogP contribution in [0.25, 0.3) is 0 Å². The molecule has 1 N–H and O–H groups in total. The molecule has 0 saturated carbocycles. The van der Waals surface area contributed by atoms with Crippen molar-refractivity contribution in [2.24, 2.45) is 0 Å². The molecule has 0 aliphatic carbocycles. The number of para-hydroxylation sites is 1. The predicted octanol–water partition coefficient (Wildman–Crippen LogP) is 3.53. The third-order valence-corrected chi connectivity index (χ3v) is 2.70. The van der Waals surface area contributed by atoms with Crippen LogP contribution in [0.3, 0.4) is 0 Å². The van der Waals surface area contributed by atoms with Crippen LogP contribution in [0, 0.1) is 0 Å². The molecule has 0 heterocycles. The SMILES string of the molecule is CCNCc1cccc(OC)c1OCCCC(F)(F)F. The van der Waals surface area contributed by atoms with Crippen LogP contribution in [-0.4, -0.2) is 26.4 Å². The second-order valence-corrected chi connectivity index (χ2v) is 4.30. The molecule has 0 unspecified atom stereocenters. The quantitative estimate of drug-likeness (QED) is 0.743. The highest BCUT2D eigenvalue weighted by atomic mass is 19.4. The highest BCUT2D eigenvalue weighted by molar-refractivity contribution is 5.46. The first-order chi connectivity index (χ1) is 9.48. The number of hydrogen-bond acceptors (Lipinski definition) is 3. The molecule has 0 fully saturated rings. The second-order valence-electron chi connectivity index (χ2n) is 4.30. The lowest BCUT2D eigenvalue weighted by molar-refractivity contribution is -0.136. The Labute approximate surface area is 117 Å². The van der Waals surface area contributed by atoms with Gasteiger partial charge in [0.25, 0.3) is 0 Å². The standard InChI is InChI=1S/C14H20F3NO2/c1-3-18-10-11-6-4-7-12(19-2)13(11)20-9-5-8-14(15,16)17/h4,6-7,18H,3,5,8-10H2,1-2H3. The zero-order valence-electron chi connectivity index (χ0n) is 11.7. The fourth-order valence-corrected chi connectivity index (χ4v) is 1.73. The predicted molar refractivity (Wildman–Crippen MR) is 71.2 cm³/mol.